The van der Waals surface area contributed by atoms with E-state index in [1.807, 2.05) is 17.4 Å². The van der Waals surface area contributed by atoms with E-state index >= 15 is 0 Å². The highest BCUT2D eigenvalue weighted by atomic mass is 35.5. The van der Waals surface area contributed by atoms with Gasteiger partial charge in [-0.05, 0) is 60.3 Å². The van der Waals surface area contributed by atoms with E-state index in [0.29, 0.717) is 11.4 Å². The summed E-state index contributed by atoms with van der Waals surface area (Å²) in [6.07, 6.45) is 3.88. The quantitative estimate of drug-likeness (QED) is 0.512. The van der Waals surface area contributed by atoms with Gasteiger partial charge in [0, 0.05) is 34.1 Å². The number of benzene rings is 1. The number of nitrogens with one attached hydrogen (secondary N) is 1. The Morgan fingerprint density at radius 3 is 2.90 bits per heavy atom. The molecule has 4 heterocycles. The highest BCUT2D eigenvalue weighted by Crippen LogP contribution is 2.34. The lowest BCUT2D eigenvalue weighted by molar-refractivity contribution is 0.300. The molecule has 154 valence electrons. The second-order valence-electron chi connectivity index (χ2n) is 6.94. The number of ether oxygens (including phenoxy) is 1. The van der Waals surface area contributed by atoms with Crippen LogP contribution in [-0.2, 0) is 19.6 Å². The maximum atomic E-state index is 12.9. The van der Waals surface area contributed by atoms with Crippen LogP contribution in [0.4, 0.5) is 4.39 Å². The molecule has 0 spiro atoms. The molecule has 3 aromatic heterocycles. The van der Waals surface area contributed by atoms with Crippen molar-refractivity contribution in [1.82, 2.24) is 14.9 Å². The molecule has 0 saturated carbocycles. The van der Waals surface area contributed by atoms with Gasteiger partial charge in [-0.1, -0.05) is 0 Å². The molecule has 1 aromatic carbocycles. The van der Waals surface area contributed by atoms with E-state index in [0.717, 1.165) is 31.4 Å². The Bertz CT molecular complexity index is 1250. The predicted octanol–water partition coefficient (Wildman–Crippen LogP) is 4.23. The molecule has 1 N–H and O–H groups in total. The number of aromatic nitrogens is 2. The molecule has 30 heavy (non-hydrogen) atoms. The van der Waals surface area contributed by atoms with Crippen molar-refractivity contribution in [1.29, 1.82) is 0 Å². The van der Waals surface area contributed by atoms with Gasteiger partial charge >= 0.3 is 0 Å². The third kappa shape index (κ3) is 3.96. The van der Waals surface area contributed by atoms with Crippen LogP contribution in [0.25, 0.3) is 15.8 Å². The van der Waals surface area contributed by atoms with E-state index < -0.39 is 5.82 Å². The molecular formula is C22H19ClFN3O2S. The Morgan fingerprint density at radius 2 is 2.10 bits per heavy atom. The monoisotopic (exact) mass is 443 g/mol. The number of nitrogens with zero attached hydrogens (tertiary/aromatic N) is 2. The zero-order valence-corrected chi connectivity index (χ0v) is 17.6. The molecule has 0 atom stereocenters. The first-order valence-electron chi connectivity index (χ1n) is 9.39. The Kier molecular flexibility index (Phi) is 5.85. The second kappa shape index (κ2) is 8.55. The number of pyridine rings is 2. The third-order valence-corrected chi connectivity index (χ3v) is 6.25. The standard InChI is InChI=1S/C22H18FN3O2S.ClH/c23-14-1-2-15(25-11-14)13-28-17-6-8-26(22(27)10-17)16-3-4-20-19(9-16)18-5-7-24-12-21(18)29-20;/h1-4,6,8-11,24H,5,7,12-13H2;1H. The lowest BCUT2D eigenvalue weighted by atomic mass is 10.0. The van der Waals surface area contributed by atoms with Crippen LogP contribution in [0.15, 0.2) is 59.7 Å². The summed E-state index contributed by atoms with van der Waals surface area (Å²) in [6.45, 7) is 2.07. The molecule has 0 saturated heterocycles. The summed E-state index contributed by atoms with van der Waals surface area (Å²) in [4.78, 5) is 18.0. The number of thiophene rings is 1. The summed E-state index contributed by atoms with van der Waals surface area (Å²) in [5.74, 6) is 0.0638. The van der Waals surface area contributed by atoms with Crippen LogP contribution < -0.4 is 15.6 Å². The summed E-state index contributed by atoms with van der Waals surface area (Å²) >= 11 is 1.82. The molecule has 0 aliphatic carbocycles. The van der Waals surface area contributed by atoms with Crippen molar-refractivity contribution in [2.75, 3.05) is 6.54 Å². The fourth-order valence-electron chi connectivity index (χ4n) is 3.58. The Labute approximate surface area is 182 Å². The van der Waals surface area contributed by atoms with Crippen LogP contribution >= 0.6 is 23.7 Å². The van der Waals surface area contributed by atoms with Crippen molar-refractivity contribution in [3.05, 3.63) is 87.2 Å². The minimum atomic E-state index is -0.392. The number of hydrogen-bond donors (Lipinski definition) is 1. The van der Waals surface area contributed by atoms with Gasteiger partial charge in [0.15, 0.2) is 0 Å². The number of fused-ring (bicyclic) bond motifs is 3. The summed E-state index contributed by atoms with van der Waals surface area (Å²) in [6, 6.07) is 12.3. The zero-order valence-electron chi connectivity index (χ0n) is 15.9. The Morgan fingerprint density at radius 1 is 1.20 bits per heavy atom. The van der Waals surface area contributed by atoms with E-state index in [1.54, 1.807) is 22.9 Å². The fourth-order valence-corrected chi connectivity index (χ4v) is 4.79. The maximum Gasteiger partial charge on any atom is 0.258 e. The summed E-state index contributed by atoms with van der Waals surface area (Å²) < 4.78 is 21.4. The Hall–Kier alpha value is -2.74. The largest absolute Gasteiger partial charge is 0.487 e. The average molecular weight is 444 g/mol. The van der Waals surface area contributed by atoms with Gasteiger partial charge in [-0.15, -0.1) is 23.7 Å². The highest BCUT2D eigenvalue weighted by molar-refractivity contribution is 7.19. The first-order valence-corrected chi connectivity index (χ1v) is 10.2. The summed E-state index contributed by atoms with van der Waals surface area (Å²) in [5.41, 5.74) is 2.66. The van der Waals surface area contributed by atoms with Gasteiger partial charge in [-0.2, -0.15) is 0 Å². The van der Waals surface area contributed by atoms with E-state index in [-0.39, 0.29) is 24.6 Å². The van der Waals surface area contributed by atoms with Crippen molar-refractivity contribution < 1.29 is 9.13 Å². The van der Waals surface area contributed by atoms with Gasteiger partial charge in [-0.3, -0.25) is 14.3 Å². The van der Waals surface area contributed by atoms with Crippen LogP contribution in [-0.4, -0.2) is 16.1 Å². The molecule has 4 aromatic rings. The molecule has 1 aliphatic rings. The molecule has 0 amide bonds. The third-order valence-electron chi connectivity index (χ3n) is 5.04. The van der Waals surface area contributed by atoms with Crippen LogP contribution in [0.1, 0.15) is 16.1 Å². The maximum absolute atomic E-state index is 12.9. The topological polar surface area (TPSA) is 56.1 Å². The van der Waals surface area contributed by atoms with Gasteiger partial charge in [0.1, 0.15) is 18.2 Å². The fraction of sp³-hybridized carbons (Fsp3) is 0.182. The highest BCUT2D eigenvalue weighted by Gasteiger charge is 2.16. The van der Waals surface area contributed by atoms with E-state index in [4.69, 9.17) is 4.74 Å². The summed E-state index contributed by atoms with van der Waals surface area (Å²) in [7, 11) is 0. The Balaban J connectivity index is 0.00000218. The van der Waals surface area contributed by atoms with Gasteiger partial charge in [0.25, 0.3) is 5.56 Å². The summed E-state index contributed by atoms with van der Waals surface area (Å²) in [5, 5.41) is 4.64. The van der Waals surface area contributed by atoms with Gasteiger partial charge < -0.3 is 10.1 Å². The minimum absolute atomic E-state index is 0. The number of hydrogen-bond acceptors (Lipinski definition) is 5. The lowest BCUT2D eigenvalue weighted by Crippen LogP contribution is -2.22. The SMILES string of the molecule is Cl.O=c1cc(OCc2ccc(F)cn2)ccn1-c1ccc2sc3c(c2c1)CCNC3. The molecule has 5 rings (SSSR count). The van der Waals surface area contributed by atoms with Crippen LogP contribution in [0, 0.1) is 5.82 Å². The van der Waals surface area contributed by atoms with E-state index in [1.165, 1.54) is 32.7 Å². The van der Waals surface area contributed by atoms with Gasteiger partial charge in [0.2, 0.25) is 0 Å². The van der Waals surface area contributed by atoms with Crippen LogP contribution in [0.5, 0.6) is 5.75 Å². The van der Waals surface area contributed by atoms with Crippen LogP contribution in [0.3, 0.4) is 0 Å². The minimum Gasteiger partial charge on any atom is -0.487 e. The molecule has 0 unspecified atom stereocenters. The van der Waals surface area contributed by atoms with Crippen molar-refractivity contribution in [3.8, 4) is 11.4 Å². The molecule has 0 radical (unpaired) electrons. The van der Waals surface area contributed by atoms with Crippen molar-refractivity contribution >= 4 is 33.8 Å². The molecule has 5 nitrogen and oxygen atoms in total. The average Bonchev–Trinajstić information content (AvgIpc) is 3.11. The first-order chi connectivity index (χ1) is 14.2. The lowest BCUT2D eigenvalue weighted by Gasteiger charge is -2.13. The zero-order chi connectivity index (χ0) is 19.8. The number of rotatable bonds is 4. The second-order valence-corrected chi connectivity index (χ2v) is 8.07. The van der Waals surface area contributed by atoms with Gasteiger partial charge in [0.05, 0.1) is 11.9 Å². The number of halogens is 2. The van der Waals surface area contributed by atoms with Crippen molar-refractivity contribution in [2.45, 2.75) is 19.6 Å². The van der Waals surface area contributed by atoms with Crippen molar-refractivity contribution in [2.24, 2.45) is 0 Å². The molecule has 0 fully saturated rings. The van der Waals surface area contributed by atoms with Crippen LogP contribution in [0.2, 0.25) is 0 Å². The molecule has 1 aliphatic heterocycles. The normalized spacial score (nSPS) is 13.0. The first kappa shape index (κ1) is 20.5. The van der Waals surface area contributed by atoms with E-state index in [2.05, 4.69) is 22.4 Å². The van der Waals surface area contributed by atoms with Crippen molar-refractivity contribution in [3.63, 3.8) is 0 Å². The predicted molar refractivity (Wildman–Crippen MR) is 119 cm³/mol. The molecule has 0 bridgehead atoms. The van der Waals surface area contributed by atoms with Gasteiger partial charge in [-0.25, -0.2) is 4.39 Å². The molecule has 8 heteroatoms. The molecular weight excluding hydrogens is 425 g/mol. The smallest absolute Gasteiger partial charge is 0.258 e. The van der Waals surface area contributed by atoms with E-state index in [9.17, 15) is 9.18 Å².